The summed E-state index contributed by atoms with van der Waals surface area (Å²) in [7, 11) is 1.73. The van der Waals surface area contributed by atoms with Crippen molar-refractivity contribution >= 4 is 11.6 Å². The quantitative estimate of drug-likeness (QED) is 0.399. The zero-order chi connectivity index (χ0) is 25.0. The molecule has 1 saturated heterocycles. The third-order valence-corrected chi connectivity index (χ3v) is 7.87. The smallest absolute Gasteiger partial charge is 0.129 e. The molecule has 2 N–H and O–H groups in total. The van der Waals surface area contributed by atoms with Gasteiger partial charge in [0.1, 0.15) is 23.7 Å². The van der Waals surface area contributed by atoms with Gasteiger partial charge in [-0.2, -0.15) is 0 Å². The number of pyridine rings is 1. The summed E-state index contributed by atoms with van der Waals surface area (Å²) in [5.41, 5.74) is 2.95. The van der Waals surface area contributed by atoms with Gasteiger partial charge in [0.05, 0.1) is 12.8 Å². The predicted molar refractivity (Wildman–Crippen MR) is 146 cm³/mol. The molecule has 7 heteroatoms. The van der Waals surface area contributed by atoms with Gasteiger partial charge in [-0.3, -0.25) is 0 Å². The van der Waals surface area contributed by atoms with Gasteiger partial charge in [-0.15, -0.1) is 0 Å². The van der Waals surface area contributed by atoms with Crippen molar-refractivity contribution in [2.24, 2.45) is 0 Å². The fraction of sp³-hybridized carbons (Fsp3) is 0.483. The first-order valence-corrected chi connectivity index (χ1v) is 13.2. The van der Waals surface area contributed by atoms with Crippen molar-refractivity contribution in [3.05, 3.63) is 60.6 Å². The van der Waals surface area contributed by atoms with E-state index in [1.54, 1.807) is 13.4 Å². The molecule has 2 aliphatic rings. The Hall–Kier alpha value is -3.19. The first-order chi connectivity index (χ1) is 17.6. The molecule has 1 saturated carbocycles. The highest BCUT2D eigenvalue weighted by Gasteiger charge is 2.32. The molecule has 7 nitrogen and oxygen atoms in total. The highest BCUT2D eigenvalue weighted by atomic mass is 16.5. The number of benzene rings is 1. The standard InChI is InChI=1S/C29H38N6O/c1-4-29(2,24-7-5-6-8-26(24)36-3)19-31-28-17-25(32-20-33-28)21-9-12-27(30-18-21)34-22-13-15-35(16-14-22)23-10-11-23/h5-9,12,17-18,20,22-23H,4,10-11,13-16,19H2,1-3H3,(H,30,34)(H,31,32,33)/t29-/m1/s1. The van der Waals surface area contributed by atoms with Crippen LogP contribution in [0.3, 0.4) is 0 Å². The molecule has 2 aromatic heterocycles. The monoisotopic (exact) mass is 486 g/mol. The van der Waals surface area contributed by atoms with Crippen LogP contribution in [-0.2, 0) is 5.41 Å². The van der Waals surface area contributed by atoms with Gasteiger partial charge in [0.2, 0.25) is 0 Å². The van der Waals surface area contributed by atoms with Gasteiger partial charge in [0.15, 0.2) is 0 Å². The number of methoxy groups -OCH3 is 1. The average Bonchev–Trinajstić information content (AvgIpc) is 3.78. The number of anilines is 2. The topological polar surface area (TPSA) is 75.2 Å². The van der Waals surface area contributed by atoms with E-state index >= 15 is 0 Å². The first kappa shape index (κ1) is 24.5. The van der Waals surface area contributed by atoms with Gasteiger partial charge in [-0.1, -0.05) is 32.0 Å². The lowest BCUT2D eigenvalue weighted by Crippen LogP contribution is -2.40. The summed E-state index contributed by atoms with van der Waals surface area (Å²) < 4.78 is 5.63. The van der Waals surface area contributed by atoms with E-state index in [1.807, 2.05) is 24.4 Å². The van der Waals surface area contributed by atoms with Gasteiger partial charge < -0.3 is 20.3 Å². The molecule has 5 rings (SSSR count). The van der Waals surface area contributed by atoms with E-state index in [4.69, 9.17) is 4.74 Å². The first-order valence-electron chi connectivity index (χ1n) is 13.2. The van der Waals surface area contributed by atoms with Gasteiger partial charge in [0, 0.05) is 60.5 Å². The van der Waals surface area contributed by atoms with Crippen LogP contribution in [0.2, 0.25) is 0 Å². The van der Waals surface area contributed by atoms with Gasteiger partial charge in [0.25, 0.3) is 0 Å². The Morgan fingerprint density at radius 2 is 1.81 bits per heavy atom. The van der Waals surface area contributed by atoms with Crippen molar-refractivity contribution in [3.8, 4) is 17.0 Å². The Labute approximate surface area is 214 Å². The summed E-state index contributed by atoms with van der Waals surface area (Å²) in [6.07, 6.45) is 9.64. The van der Waals surface area contributed by atoms with Crippen LogP contribution in [0.15, 0.2) is 55.0 Å². The maximum Gasteiger partial charge on any atom is 0.129 e. The van der Waals surface area contributed by atoms with E-state index in [0.29, 0.717) is 6.04 Å². The molecule has 3 aromatic rings. The molecular formula is C29H38N6O. The third-order valence-electron chi connectivity index (χ3n) is 7.87. The van der Waals surface area contributed by atoms with Crippen LogP contribution in [0.4, 0.5) is 11.6 Å². The summed E-state index contributed by atoms with van der Waals surface area (Å²) in [5.74, 6) is 2.66. The Balaban J connectivity index is 1.21. The van der Waals surface area contributed by atoms with E-state index in [9.17, 15) is 0 Å². The second kappa shape index (κ2) is 10.8. The number of aromatic nitrogens is 3. The Bertz CT molecular complexity index is 1140. The Morgan fingerprint density at radius 1 is 1.00 bits per heavy atom. The van der Waals surface area contributed by atoms with Gasteiger partial charge in [-0.05, 0) is 50.3 Å². The normalized spacial score (nSPS) is 18.4. The van der Waals surface area contributed by atoms with Crippen molar-refractivity contribution in [2.75, 3.05) is 37.4 Å². The molecule has 1 aliphatic carbocycles. The molecule has 1 atom stereocenters. The molecule has 0 amide bonds. The largest absolute Gasteiger partial charge is 0.496 e. The number of para-hydroxylation sites is 1. The predicted octanol–water partition coefficient (Wildman–Crippen LogP) is 5.37. The number of hydrogen-bond donors (Lipinski definition) is 2. The van der Waals surface area contributed by atoms with Crippen molar-refractivity contribution in [1.82, 2.24) is 19.9 Å². The molecule has 1 aromatic carbocycles. The summed E-state index contributed by atoms with van der Waals surface area (Å²) in [5, 5.41) is 7.16. The summed E-state index contributed by atoms with van der Waals surface area (Å²) in [6.45, 7) is 7.60. The van der Waals surface area contributed by atoms with E-state index in [1.165, 1.54) is 44.3 Å². The van der Waals surface area contributed by atoms with Gasteiger partial charge in [-0.25, -0.2) is 15.0 Å². The van der Waals surface area contributed by atoms with Crippen LogP contribution < -0.4 is 15.4 Å². The molecule has 0 spiro atoms. The number of ether oxygens (including phenoxy) is 1. The van der Waals surface area contributed by atoms with Crippen molar-refractivity contribution in [1.29, 1.82) is 0 Å². The van der Waals surface area contributed by atoms with E-state index in [-0.39, 0.29) is 5.41 Å². The van der Waals surface area contributed by atoms with Crippen LogP contribution in [-0.4, -0.2) is 58.7 Å². The van der Waals surface area contributed by atoms with Crippen molar-refractivity contribution in [3.63, 3.8) is 0 Å². The molecular weight excluding hydrogens is 448 g/mol. The van der Waals surface area contributed by atoms with E-state index in [2.05, 4.69) is 68.6 Å². The lowest BCUT2D eigenvalue weighted by Gasteiger charge is -2.32. The Morgan fingerprint density at radius 3 is 2.50 bits per heavy atom. The number of hydrogen-bond acceptors (Lipinski definition) is 7. The summed E-state index contributed by atoms with van der Waals surface area (Å²) >= 11 is 0. The van der Waals surface area contributed by atoms with Crippen LogP contribution in [0.5, 0.6) is 5.75 Å². The highest BCUT2D eigenvalue weighted by molar-refractivity contribution is 5.62. The summed E-state index contributed by atoms with van der Waals surface area (Å²) in [6, 6.07) is 15.8. The fourth-order valence-electron chi connectivity index (χ4n) is 5.14. The minimum absolute atomic E-state index is 0.0958. The van der Waals surface area contributed by atoms with Crippen molar-refractivity contribution < 1.29 is 4.74 Å². The zero-order valence-corrected chi connectivity index (χ0v) is 21.7. The zero-order valence-electron chi connectivity index (χ0n) is 21.7. The SMILES string of the molecule is CC[C@](C)(CNc1cc(-c2ccc(NC3CCN(C4CC4)CC3)nc2)ncn1)c1ccccc1OC. The van der Waals surface area contributed by atoms with Crippen LogP contribution in [0.25, 0.3) is 11.3 Å². The van der Waals surface area contributed by atoms with E-state index < -0.39 is 0 Å². The molecule has 190 valence electrons. The summed E-state index contributed by atoms with van der Waals surface area (Å²) in [4.78, 5) is 16.3. The molecule has 1 aliphatic heterocycles. The number of rotatable bonds is 10. The van der Waals surface area contributed by atoms with Gasteiger partial charge >= 0.3 is 0 Å². The van der Waals surface area contributed by atoms with Crippen LogP contribution in [0, 0.1) is 0 Å². The minimum atomic E-state index is -0.0958. The molecule has 0 radical (unpaired) electrons. The highest BCUT2D eigenvalue weighted by Crippen LogP contribution is 2.35. The second-order valence-corrected chi connectivity index (χ2v) is 10.4. The fourth-order valence-corrected chi connectivity index (χ4v) is 5.14. The lowest BCUT2D eigenvalue weighted by atomic mass is 9.79. The number of piperidine rings is 1. The molecule has 3 heterocycles. The molecule has 36 heavy (non-hydrogen) atoms. The number of likely N-dealkylation sites (tertiary alicyclic amines) is 1. The third kappa shape index (κ3) is 5.62. The average molecular weight is 487 g/mol. The maximum atomic E-state index is 5.63. The second-order valence-electron chi connectivity index (χ2n) is 10.4. The lowest BCUT2D eigenvalue weighted by molar-refractivity contribution is 0.210. The number of nitrogens with one attached hydrogen (secondary N) is 2. The molecule has 0 unspecified atom stereocenters. The molecule has 2 fully saturated rings. The van der Waals surface area contributed by atoms with E-state index in [0.717, 1.165) is 47.7 Å². The van der Waals surface area contributed by atoms with Crippen molar-refractivity contribution in [2.45, 2.75) is 63.5 Å². The molecule has 0 bridgehead atoms. The number of nitrogens with zero attached hydrogens (tertiary/aromatic N) is 4. The Kier molecular flexibility index (Phi) is 7.37. The van der Waals surface area contributed by atoms with Crippen LogP contribution >= 0.6 is 0 Å². The minimum Gasteiger partial charge on any atom is -0.496 e. The maximum absolute atomic E-state index is 5.63. The van der Waals surface area contributed by atoms with Crippen LogP contribution in [0.1, 0.15) is 51.5 Å².